The van der Waals surface area contributed by atoms with Gasteiger partial charge in [0.1, 0.15) is 5.78 Å². The third kappa shape index (κ3) is 4.55. The van der Waals surface area contributed by atoms with Crippen molar-refractivity contribution in [3.05, 3.63) is 17.5 Å². The molecular formula is C11H16O3S2. The summed E-state index contributed by atoms with van der Waals surface area (Å²) in [5.41, 5.74) is 0. The molecule has 5 heteroatoms. The van der Waals surface area contributed by atoms with Crippen LogP contribution in [0.4, 0.5) is 0 Å². The quantitative estimate of drug-likeness (QED) is 0.755. The zero-order chi connectivity index (χ0) is 12.0. The summed E-state index contributed by atoms with van der Waals surface area (Å²) < 4.78 is 17.9. The molecule has 1 rings (SSSR count). The molecule has 0 aliphatic carbocycles. The lowest BCUT2D eigenvalue weighted by molar-refractivity contribution is -0.119. The zero-order valence-corrected chi connectivity index (χ0v) is 11.1. The number of methoxy groups -OCH3 is 1. The maximum Gasteiger partial charge on any atom is 0.132 e. The standard InChI is InChI=1S/C11H16O3S2/c1-9(12)8-10(14-2)5-7-16(13)11-4-3-6-15-11/h3-4,6,10H,5,7-8H2,1-2H3. The number of rotatable bonds is 7. The van der Waals surface area contributed by atoms with Crippen LogP contribution in [0.25, 0.3) is 0 Å². The van der Waals surface area contributed by atoms with E-state index in [1.54, 1.807) is 14.0 Å². The number of Topliss-reactive ketones (excluding diaryl/α,β-unsaturated/α-hetero) is 1. The van der Waals surface area contributed by atoms with Gasteiger partial charge in [0.2, 0.25) is 0 Å². The van der Waals surface area contributed by atoms with Gasteiger partial charge in [-0.05, 0) is 24.8 Å². The first kappa shape index (κ1) is 13.5. The summed E-state index contributed by atoms with van der Waals surface area (Å²) >= 11 is 1.50. The highest BCUT2D eigenvalue weighted by atomic mass is 32.2. The fourth-order valence-electron chi connectivity index (χ4n) is 1.36. The second-order valence-electron chi connectivity index (χ2n) is 3.53. The topological polar surface area (TPSA) is 43.4 Å². The number of carbonyl (C=O) groups excluding carboxylic acids is 1. The molecule has 0 bridgehead atoms. The van der Waals surface area contributed by atoms with Crippen molar-refractivity contribution in [2.75, 3.05) is 12.9 Å². The average Bonchev–Trinajstić information content (AvgIpc) is 2.76. The Morgan fingerprint density at radius 3 is 2.88 bits per heavy atom. The predicted octanol–water partition coefficient (Wildman–Crippen LogP) is 2.24. The number of carbonyl (C=O) groups is 1. The van der Waals surface area contributed by atoms with E-state index in [0.29, 0.717) is 18.6 Å². The molecule has 2 unspecified atom stereocenters. The molecule has 3 nitrogen and oxygen atoms in total. The molecule has 0 aromatic carbocycles. The average molecular weight is 260 g/mol. The van der Waals surface area contributed by atoms with Crippen LogP contribution < -0.4 is 0 Å². The molecule has 16 heavy (non-hydrogen) atoms. The van der Waals surface area contributed by atoms with Gasteiger partial charge in [0, 0.05) is 19.3 Å². The van der Waals surface area contributed by atoms with Gasteiger partial charge in [-0.1, -0.05) is 6.07 Å². The summed E-state index contributed by atoms with van der Waals surface area (Å²) in [6.45, 7) is 1.54. The van der Waals surface area contributed by atoms with Gasteiger partial charge >= 0.3 is 0 Å². The second kappa shape index (κ2) is 6.93. The van der Waals surface area contributed by atoms with Gasteiger partial charge in [-0.15, -0.1) is 11.3 Å². The van der Waals surface area contributed by atoms with Crippen LogP contribution in [0.15, 0.2) is 21.7 Å². The van der Waals surface area contributed by atoms with Crippen LogP contribution in [0.2, 0.25) is 0 Å². The van der Waals surface area contributed by atoms with E-state index in [-0.39, 0.29) is 11.9 Å². The first-order valence-electron chi connectivity index (χ1n) is 5.07. The molecule has 1 aromatic heterocycles. The van der Waals surface area contributed by atoms with Crippen molar-refractivity contribution in [1.82, 2.24) is 0 Å². The first-order valence-corrected chi connectivity index (χ1v) is 7.27. The van der Waals surface area contributed by atoms with Crippen LogP contribution in [0, 0.1) is 0 Å². The predicted molar refractivity (Wildman–Crippen MR) is 66.3 cm³/mol. The van der Waals surface area contributed by atoms with Crippen LogP contribution in [0.5, 0.6) is 0 Å². The van der Waals surface area contributed by atoms with E-state index in [2.05, 4.69) is 0 Å². The number of hydrogen-bond acceptors (Lipinski definition) is 4. The Bertz CT molecular complexity index is 346. The molecule has 1 aromatic rings. The molecule has 0 saturated heterocycles. The van der Waals surface area contributed by atoms with E-state index in [1.165, 1.54) is 11.3 Å². The molecule has 0 radical (unpaired) electrons. The summed E-state index contributed by atoms with van der Waals surface area (Å²) in [5, 5.41) is 1.91. The molecule has 0 amide bonds. The highest BCUT2D eigenvalue weighted by molar-refractivity contribution is 7.87. The van der Waals surface area contributed by atoms with Gasteiger partial charge < -0.3 is 4.74 Å². The Labute approximate surface area is 102 Å². The maximum absolute atomic E-state index is 11.8. The molecular weight excluding hydrogens is 244 g/mol. The Morgan fingerprint density at radius 2 is 2.38 bits per heavy atom. The number of ketones is 1. The van der Waals surface area contributed by atoms with Crippen molar-refractivity contribution in [3.8, 4) is 0 Å². The van der Waals surface area contributed by atoms with E-state index in [9.17, 15) is 9.00 Å². The monoisotopic (exact) mass is 260 g/mol. The Kier molecular flexibility index (Phi) is 5.87. The van der Waals surface area contributed by atoms with Crippen molar-refractivity contribution in [2.45, 2.75) is 30.1 Å². The smallest absolute Gasteiger partial charge is 0.132 e. The van der Waals surface area contributed by atoms with Gasteiger partial charge in [0.25, 0.3) is 0 Å². The summed E-state index contributed by atoms with van der Waals surface area (Å²) in [6.07, 6.45) is 0.944. The maximum atomic E-state index is 11.8. The summed E-state index contributed by atoms with van der Waals surface area (Å²) in [6, 6.07) is 3.76. The minimum Gasteiger partial charge on any atom is -0.381 e. The molecule has 2 atom stereocenters. The largest absolute Gasteiger partial charge is 0.381 e. The lowest BCUT2D eigenvalue weighted by Crippen LogP contribution is -2.17. The molecule has 0 N–H and O–H groups in total. The van der Waals surface area contributed by atoms with Crippen LogP contribution in [-0.2, 0) is 20.3 Å². The van der Waals surface area contributed by atoms with Crippen molar-refractivity contribution in [1.29, 1.82) is 0 Å². The third-order valence-corrected chi connectivity index (χ3v) is 4.89. The van der Waals surface area contributed by atoms with Gasteiger partial charge in [-0.2, -0.15) is 0 Å². The van der Waals surface area contributed by atoms with Crippen molar-refractivity contribution in [3.63, 3.8) is 0 Å². The lowest BCUT2D eigenvalue weighted by Gasteiger charge is -2.12. The highest BCUT2D eigenvalue weighted by Gasteiger charge is 2.13. The van der Waals surface area contributed by atoms with Crippen LogP contribution in [0.1, 0.15) is 19.8 Å². The normalized spacial score (nSPS) is 14.6. The van der Waals surface area contributed by atoms with E-state index >= 15 is 0 Å². The number of ether oxygens (including phenoxy) is 1. The fraction of sp³-hybridized carbons (Fsp3) is 0.545. The van der Waals surface area contributed by atoms with Crippen molar-refractivity contribution < 1.29 is 13.7 Å². The SMILES string of the molecule is COC(CCS(=O)c1cccs1)CC(C)=O. The Morgan fingerprint density at radius 1 is 1.62 bits per heavy atom. The molecule has 0 spiro atoms. The summed E-state index contributed by atoms with van der Waals surface area (Å²) in [5.74, 6) is 0.653. The number of hydrogen-bond donors (Lipinski definition) is 0. The van der Waals surface area contributed by atoms with Gasteiger partial charge in [0.05, 0.1) is 21.1 Å². The Balaban J connectivity index is 2.38. The van der Waals surface area contributed by atoms with E-state index in [4.69, 9.17) is 4.74 Å². The summed E-state index contributed by atoms with van der Waals surface area (Å²) in [7, 11) is 0.623. The van der Waals surface area contributed by atoms with Gasteiger partial charge in [-0.3, -0.25) is 9.00 Å². The zero-order valence-electron chi connectivity index (χ0n) is 9.47. The minimum atomic E-state index is -0.962. The molecule has 0 fully saturated rings. The van der Waals surface area contributed by atoms with E-state index in [1.807, 2.05) is 17.5 Å². The summed E-state index contributed by atoms with van der Waals surface area (Å²) in [4.78, 5) is 10.9. The number of thiophene rings is 1. The third-order valence-electron chi connectivity index (χ3n) is 2.19. The van der Waals surface area contributed by atoms with Crippen molar-refractivity contribution in [2.24, 2.45) is 0 Å². The molecule has 1 heterocycles. The molecule has 0 saturated carbocycles. The van der Waals surface area contributed by atoms with Gasteiger partial charge in [0.15, 0.2) is 0 Å². The van der Waals surface area contributed by atoms with E-state index in [0.717, 1.165) is 4.21 Å². The fourth-order valence-corrected chi connectivity index (χ4v) is 3.56. The molecule has 0 aliphatic heterocycles. The molecule has 0 aliphatic rings. The molecule has 90 valence electrons. The first-order chi connectivity index (χ1) is 7.63. The van der Waals surface area contributed by atoms with E-state index < -0.39 is 10.8 Å². The minimum absolute atomic E-state index is 0.105. The van der Waals surface area contributed by atoms with Gasteiger partial charge in [-0.25, -0.2) is 0 Å². The van der Waals surface area contributed by atoms with Crippen LogP contribution >= 0.6 is 11.3 Å². The second-order valence-corrected chi connectivity index (χ2v) is 6.28. The van der Waals surface area contributed by atoms with Crippen LogP contribution in [-0.4, -0.2) is 29.0 Å². The lowest BCUT2D eigenvalue weighted by atomic mass is 10.1. The van der Waals surface area contributed by atoms with Crippen LogP contribution in [0.3, 0.4) is 0 Å². The van der Waals surface area contributed by atoms with Crippen molar-refractivity contribution >= 4 is 27.9 Å². The Hall–Kier alpha value is -0.520. The highest BCUT2D eigenvalue weighted by Crippen LogP contribution is 2.16.